The van der Waals surface area contributed by atoms with Crippen molar-refractivity contribution < 1.29 is 0 Å². The van der Waals surface area contributed by atoms with Gasteiger partial charge in [0.1, 0.15) is 0 Å². The number of rotatable bonds is 1. The molecule has 1 rings (SSSR count). The number of hydrogen-bond donors (Lipinski definition) is 0. The Morgan fingerprint density at radius 3 is 3.00 bits per heavy atom. The first-order valence-corrected chi connectivity index (χ1v) is 3.32. The SMILES string of the molecule is CC(C)C1=NC=C=NC=C1. The number of allylic oxidation sites excluding steroid dienone is 1. The van der Waals surface area contributed by atoms with Gasteiger partial charge in [0.15, 0.2) is 0 Å². The minimum absolute atomic E-state index is 0.461. The zero-order valence-electron chi connectivity index (χ0n) is 6.20. The van der Waals surface area contributed by atoms with Crippen LogP contribution in [0.4, 0.5) is 0 Å². The Kier molecular flexibility index (Phi) is 2.19. The Balaban J connectivity index is 2.81. The monoisotopic (exact) mass is 134 g/mol. The van der Waals surface area contributed by atoms with Crippen LogP contribution in [0.3, 0.4) is 0 Å². The molecule has 1 heterocycles. The Morgan fingerprint density at radius 2 is 2.30 bits per heavy atom. The molecule has 0 unspecified atom stereocenters. The van der Waals surface area contributed by atoms with E-state index in [0.29, 0.717) is 5.92 Å². The predicted molar refractivity (Wildman–Crippen MR) is 43.4 cm³/mol. The van der Waals surface area contributed by atoms with Gasteiger partial charge in [0.2, 0.25) is 0 Å². The summed E-state index contributed by atoms with van der Waals surface area (Å²) in [6.07, 6.45) is 5.21. The van der Waals surface area contributed by atoms with Crippen molar-refractivity contribution >= 4 is 11.6 Å². The molecular formula is C8H10N2. The molecule has 0 fully saturated rings. The van der Waals surface area contributed by atoms with Gasteiger partial charge in [-0.25, -0.2) is 4.99 Å². The summed E-state index contributed by atoms with van der Waals surface area (Å²) in [5.74, 6) is 3.12. The van der Waals surface area contributed by atoms with Gasteiger partial charge in [-0.1, -0.05) is 13.8 Å². The van der Waals surface area contributed by atoms with E-state index < -0.39 is 0 Å². The van der Waals surface area contributed by atoms with Crippen molar-refractivity contribution in [2.75, 3.05) is 0 Å². The zero-order valence-corrected chi connectivity index (χ0v) is 6.20. The molecule has 0 spiro atoms. The summed E-state index contributed by atoms with van der Waals surface area (Å²) in [4.78, 5) is 7.93. The molecule has 0 bridgehead atoms. The minimum Gasteiger partial charge on any atom is -0.251 e. The van der Waals surface area contributed by atoms with Crippen molar-refractivity contribution in [2.24, 2.45) is 15.9 Å². The third-order valence-corrected chi connectivity index (χ3v) is 1.26. The first-order chi connectivity index (χ1) is 4.80. The van der Waals surface area contributed by atoms with Gasteiger partial charge in [-0.3, -0.25) is 4.99 Å². The van der Waals surface area contributed by atoms with Crippen LogP contribution in [0.1, 0.15) is 13.8 Å². The maximum atomic E-state index is 4.12. The van der Waals surface area contributed by atoms with Crippen LogP contribution in [0, 0.1) is 5.92 Å². The number of aliphatic imine (C=N–C) groups is 2. The summed E-state index contributed by atoms with van der Waals surface area (Å²) in [6, 6.07) is 0. The van der Waals surface area contributed by atoms with Crippen LogP contribution in [-0.2, 0) is 0 Å². The van der Waals surface area contributed by atoms with Gasteiger partial charge < -0.3 is 0 Å². The third kappa shape index (κ3) is 1.67. The lowest BCUT2D eigenvalue weighted by molar-refractivity contribution is 0.889. The van der Waals surface area contributed by atoms with Gasteiger partial charge in [0.25, 0.3) is 0 Å². The van der Waals surface area contributed by atoms with Gasteiger partial charge in [0.05, 0.1) is 6.20 Å². The molecule has 0 atom stereocenters. The van der Waals surface area contributed by atoms with E-state index >= 15 is 0 Å². The van der Waals surface area contributed by atoms with E-state index in [1.165, 1.54) is 0 Å². The normalized spacial score (nSPS) is 15.7. The quantitative estimate of drug-likeness (QED) is 0.522. The maximum Gasteiger partial charge on any atom is 0.0885 e. The van der Waals surface area contributed by atoms with Gasteiger partial charge >= 0.3 is 0 Å². The van der Waals surface area contributed by atoms with Crippen LogP contribution < -0.4 is 0 Å². The van der Waals surface area contributed by atoms with E-state index in [2.05, 4.69) is 29.7 Å². The van der Waals surface area contributed by atoms with Crippen molar-refractivity contribution in [3.8, 4) is 0 Å². The number of hydrogen-bond acceptors (Lipinski definition) is 2. The average molecular weight is 134 g/mol. The third-order valence-electron chi connectivity index (χ3n) is 1.26. The minimum atomic E-state index is 0.461. The smallest absolute Gasteiger partial charge is 0.0885 e. The lowest BCUT2D eigenvalue weighted by Gasteiger charge is -2.00. The predicted octanol–water partition coefficient (Wildman–Crippen LogP) is 1.79. The second kappa shape index (κ2) is 3.14. The second-order valence-electron chi connectivity index (χ2n) is 2.41. The largest absolute Gasteiger partial charge is 0.251 e. The van der Waals surface area contributed by atoms with E-state index in [-0.39, 0.29) is 0 Å². The fourth-order valence-electron chi connectivity index (χ4n) is 0.678. The van der Waals surface area contributed by atoms with E-state index in [9.17, 15) is 0 Å². The average Bonchev–Trinajstić information content (AvgIpc) is 2.12. The fourth-order valence-corrected chi connectivity index (χ4v) is 0.678. The summed E-state index contributed by atoms with van der Waals surface area (Å²) in [5.41, 5.74) is 1.05. The van der Waals surface area contributed by atoms with Crippen molar-refractivity contribution in [3.63, 3.8) is 0 Å². The molecule has 0 aromatic carbocycles. The van der Waals surface area contributed by atoms with Gasteiger partial charge in [-0.15, -0.1) is 0 Å². The highest BCUT2D eigenvalue weighted by Crippen LogP contribution is 2.00. The molecule has 0 aromatic rings. The summed E-state index contributed by atoms with van der Waals surface area (Å²) < 4.78 is 0. The summed E-state index contributed by atoms with van der Waals surface area (Å²) in [7, 11) is 0. The molecule has 1 aliphatic rings. The van der Waals surface area contributed by atoms with Gasteiger partial charge in [0, 0.05) is 17.8 Å². The van der Waals surface area contributed by atoms with Crippen LogP contribution in [0.2, 0.25) is 0 Å². The lowest BCUT2D eigenvalue weighted by atomic mass is 10.1. The molecule has 0 saturated carbocycles. The maximum absolute atomic E-state index is 4.12. The molecule has 2 heteroatoms. The molecule has 0 saturated heterocycles. The Morgan fingerprint density at radius 1 is 1.50 bits per heavy atom. The second-order valence-corrected chi connectivity index (χ2v) is 2.41. The van der Waals surface area contributed by atoms with Crippen LogP contribution in [-0.4, -0.2) is 11.6 Å². The van der Waals surface area contributed by atoms with E-state index in [0.717, 1.165) is 5.71 Å². The molecule has 0 aliphatic carbocycles. The molecule has 0 amide bonds. The van der Waals surface area contributed by atoms with Crippen LogP contribution in [0.5, 0.6) is 0 Å². The van der Waals surface area contributed by atoms with E-state index in [1.54, 1.807) is 12.4 Å². The Bertz CT molecular complexity index is 228. The lowest BCUT2D eigenvalue weighted by Crippen LogP contribution is -2.02. The highest BCUT2D eigenvalue weighted by atomic mass is 14.8. The molecule has 52 valence electrons. The van der Waals surface area contributed by atoms with Crippen molar-refractivity contribution in [1.29, 1.82) is 0 Å². The fraction of sp³-hybridized carbons (Fsp3) is 0.375. The molecular weight excluding hydrogens is 124 g/mol. The summed E-state index contributed by atoms with van der Waals surface area (Å²) in [5, 5.41) is 0. The standard InChI is InChI=1S/C8H10N2/c1-7(2)8-3-4-9-5-6-10-8/h3-4,6-7H,1-2H3. The molecule has 0 radical (unpaired) electrons. The summed E-state index contributed by atoms with van der Waals surface area (Å²) in [6.45, 7) is 4.20. The van der Waals surface area contributed by atoms with Crippen LogP contribution in [0.15, 0.2) is 28.5 Å². The van der Waals surface area contributed by atoms with Crippen molar-refractivity contribution in [3.05, 3.63) is 18.5 Å². The Labute approximate surface area is 60.7 Å². The van der Waals surface area contributed by atoms with E-state index in [1.807, 2.05) is 6.08 Å². The summed E-state index contributed by atoms with van der Waals surface area (Å²) >= 11 is 0. The number of nitrogens with zero attached hydrogens (tertiary/aromatic N) is 2. The molecule has 0 N–H and O–H groups in total. The van der Waals surface area contributed by atoms with Gasteiger partial charge in [-0.05, 0) is 12.0 Å². The Hall–Kier alpha value is -1.14. The van der Waals surface area contributed by atoms with Crippen LogP contribution in [0.25, 0.3) is 0 Å². The molecule has 1 aliphatic heterocycles. The van der Waals surface area contributed by atoms with Crippen molar-refractivity contribution in [1.82, 2.24) is 0 Å². The highest BCUT2D eigenvalue weighted by molar-refractivity contribution is 5.97. The molecule has 10 heavy (non-hydrogen) atoms. The topological polar surface area (TPSA) is 24.7 Å². The first kappa shape index (κ1) is 6.97. The molecule has 2 nitrogen and oxygen atoms in total. The van der Waals surface area contributed by atoms with Crippen LogP contribution >= 0.6 is 0 Å². The zero-order chi connectivity index (χ0) is 7.40. The first-order valence-electron chi connectivity index (χ1n) is 3.32. The highest BCUT2D eigenvalue weighted by Gasteiger charge is 1.99. The van der Waals surface area contributed by atoms with Gasteiger partial charge in [-0.2, -0.15) is 0 Å². The van der Waals surface area contributed by atoms with E-state index in [4.69, 9.17) is 0 Å². The molecule has 0 aromatic heterocycles. The van der Waals surface area contributed by atoms with Crippen molar-refractivity contribution in [2.45, 2.75) is 13.8 Å².